The Bertz CT molecular complexity index is 425. The second kappa shape index (κ2) is 6.65. The number of alkyl carbamates (subject to hydrolysis) is 1. The molecule has 1 unspecified atom stereocenters. The van der Waals surface area contributed by atoms with Gasteiger partial charge in [0, 0.05) is 6.54 Å². The van der Waals surface area contributed by atoms with Crippen LogP contribution in [0, 0.1) is 11.3 Å². The lowest BCUT2D eigenvalue weighted by molar-refractivity contribution is 0.150. The summed E-state index contributed by atoms with van der Waals surface area (Å²) in [6.45, 7) is 4.25. The molecule has 0 spiro atoms. The van der Waals surface area contributed by atoms with Gasteiger partial charge in [-0.1, -0.05) is 37.3 Å². The molecular weight excluding hydrogens is 228 g/mol. The molecule has 0 radical (unpaired) electrons. The predicted octanol–water partition coefficient (Wildman–Crippen LogP) is 2.60. The van der Waals surface area contributed by atoms with Crippen LogP contribution in [0.25, 0.3) is 0 Å². The number of amides is 1. The van der Waals surface area contributed by atoms with Gasteiger partial charge in [0.05, 0.1) is 18.1 Å². The molecule has 0 aliphatic rings. The third kappa shape index (κ3) is 3.24. The van der Waals surface area contributed by atoms with Crippen molar-refractivity contribution in [3.63, 3.8) is 0 Å². The maximum atomic E-state index is 11.3. The van der Waals surface area contributed by atoms with Crippen LogP contribution in [0.5, 0.6) is 0 Å². The molecule has 0 bridgehead atoms. The zero-order valence-corrected chi connectivity index (χ0v) is 10.8. The second-order valence-electron chi connectivity index (χ2n) is 3.99. The zero-order valence-electron chi connectivity index (χ0n) is 10.8. The topological polar surface area (TPSA) is 62.1 Å². The van der Waals surface area contributed by atoms with Gasteiger partial charge in [-0.05, 0) is 18.9 Å². The minimum absolute atomic E-state index is 0.253. The molecule has 1 N–H and O–H groups in total. The molecule has 0 aliphatic heterocycles. The van der Waals surface area contributed by atoms with Gasteiger partial charge in [0.1, 0.15) is 0 Å². The van der Waals surface area contributed by atoms with E-state index >= 15 is 0 Å². The van der Waals surface area contributed by atoms with E-state index in [2.05, 4.69) is 11.4 Å². The Kier molecular flexibility index (Phi) is 5.19. The normalized spacial score (nSPS) is 13.2. The zero-order chi connectivity index (χ0) is 13.4. The van der Waals surface area contributed by atoms with E-state index in [4.69, 9.17) is 4.74 Å². The van der Waals surface area contributed by atoms with Crippen LogP contribution in [0.3, 0.4) is 0 Å². The molecule has 0 heterocycles. The van der Waals surface area contributed by atoms with Crippen LogP contribution in [0.15, 0.2) is 30.3 Å². The van der Waals surface area contributed by atoms with Crippen molar-refractivity contribution in [2.24, 2.45) is 0 Å². The fraction of sp³-hybridized carbons (Fsp3) is 0.429. The van der Waals surface area contributed by atoms with E-state index in [1.807, 2.05) is 37.3 Å². The van der Waals surface area contributed by atoms with Gasteiger partial charge in [-0.25, -0.2) is 4.79 Å². The molecule has 0 fully saturated rings. The summed E-state index contributed by atoms with van der Waals surface area (Å²) in [5.74, 6) is 0. The van der Waals surface area contributed by atoms with Crippen molar-refractivity contribution in [2.75, 3.05) is 13.2 Å². The Morgan fingerprint density at radius 3 is 2.56 bits per heavy atom. The van der Waals surface area contributed by atoms with Crippen molar-refractivity contribution in [1.82, 2.24) is 5.32 Å². The Morgan fingerprint density at radius 1 is 1.39 bits per heavy atom. The Hall–Kier alpha value is -2.02. The molecule has 0 aromatic heterocycles. The van der Waals surface area contributed by atoms with Gasteiger partial charge >= 0.3 is 6.09 Å². The molecule has 1 rings (SSSR count). The standard InChI is InChI=1S/C14H18N2O2/c1-3-14(10-15,11-16-13(17)18-4-2)12-8-6-5-7-9-12/h5-9H,3-4,11H2,1-2H3,(H,16,17). The maximum Gasteiger partial charge on any atom is 0.407 e. The number of nitrogens with zero attached hydrogens (tertiary/aromatic N) is 1. The van der Waals surface area contributed by atoms with E-state index in [9.17, 15) is 10.1 Å². The molecular formula is C14H18N2O2. The summed E-state index contributed by atoms with van der Waals surface area (Å²) >= 11 is 0. The van der Waals surface area contributed by atoms with E-state index in [-0.39, 0.29) is 6.54 Å². The first-order chi connectivity index (χ1) is 8.68. The number of hydrogen-bond acceptors (Lipinski definition) is 3. The number of benzene rings is 1. The predicted molar refractivity (Wildman–Crippen MR) is 69.0 cm³/mol. The Labute approximate surface area is 108 Å². The number of nitrogens with one attached hydrogen (secondary N) is 1. The second-order valence-corrected chi connectivity index (χ2v) is 3.99. The molecule has 0 saturated heterocycles. The van der Waals surface area contributed by atoms with Crippen molar-refractivity contribution in [3.8, 4) is 6.07 Å². The van der Waals surface area contributed by atoms with Crippen LogP contribution in [-0.2, 0) is 10.2 Å². The summed E-state index contributed by atoms with van der Waals surface area (Å²) in [5, 5.41) is 12.1. The number of ether oxygens (including phenoxy) is 1. The number of carbonyl (C=O) groups excluding carboxylic acids is 1. The van der Waals surface area contributed by atoms with Crippen LogP contribution < -0.4 is 5.32 Å². The third-order valence-electron chi connectivity index (χ3n) is 2.95. The van der Waals surface area contributed by atoms with Crippen LogP contribution >= 0.6 is 0 Å². The lowest BCUT2D eigenvalue weighted by atomic mass is 9.79. The fourth-order valence-electron chi connectivity index (χ4n) is 1.78. The average molecular weight is 246 g/mol. The van der Waals surface area contributed by atoms with E-state index in [0.717, 1.165) is 5.56 Å². The number of rotatable bonds is 5. The molecule has 1 atom stereocenters. The van der Waals surface area contributed by atoms with E-state index in [0.29, 0.717) is 13.0 Å². The highest BCUT2D eigenvalue weighted by atomic mass is 16.5. The SMILES string of the molecule is CCOC(=O)NCC(C#N)(CC)c1ccccc1. The number of carbonyl (C=O) groups is 1. The van der Waals surface area contributed by atoms with Crippen molar-refractivity contribution in [3.05, 3.63) is 35.9 Å². The van der Waals surface area contributed by atoms with Gasteiger partial charge in [-0.3, -0.25) is 0 Å². The molecule has 1 aromatic rings. The highest BCUT2D eigenvalue weighted by Crippen LogP contribution is 2.26. The van der Waals surface area contributed by atoms with E-state index in [1.165, 1.54) is 0 Å². The van der Waals surface area contributed by atoms with Crippen molar-refractivity contribution >= 4 is 6.09 Å². The monoisotopic (exact) mass is 246 g/mol. The summed E-state index contributed by atoms with van der Waals surface area (Å²) in [7, 11) is 0. The van der Waals surface area contributed by atoms with E-state index < -0.39 is 11.5 Å². The first-order valence-electron chi connectivity index (χ1n) is 6.06. The summed E-state index contributed by atoms with van der Waals surface area (Å²) in [6, 6.07) is 11.8. The van der Waals surface area contributed by atoms with Gasteiger partial charge in [0.15, 0.2) is 0 Å². The van der Waals surface area contributed by atoms with Crippen LogP contribution in [-0.4, -0.2) is 19.2 Å². The Morgan fingerprint density at radius 2 is 2.06 bits per heavy atom. The van der Waals surface area contributed by atoms with Gasteiger partial charge in [0.25, 0.3) is 0 Å². The summed E-state index contributed by atoms with van der Waals surface area (Å²) in [4.78, 5) is 11.3. The van der Waals surface area contributed by atoms with Crippen LogP contribution in [0.1, 0.15) is 25.8 Å². The molecule has 1 aromatic carbocycles. The van der Waals surface area contributed by atoms with Gasteiger partial charge in [0.2, 0.25) is 0 Å². The molecule has 4 nitrogen and oxygen atoms in total. The van der Waals surface area contributed by atoms with Crippen molar-refractivity contribution in [2.45, 2.75) is 25.7 Å². The van der Waals surface area contributed by atoms with E-state index in [1.54, 1.807) is 6.92 Å². The van der Waals surface area contributed by atoms with Gasteiger partial charge in [-0.2, -0.15) is 5.26 Å². The fourth-order valence-corrected chi connectivity index (χ4v) is 1.78. The van der Waals surface area contributed by atoms with Crippen LogP contribution in [0.4, 0.5) is 4.79 Å². The molecule has 1 amide bonds. The smallest absolute Gasteiger partial charge is 0.407 e. The first-order valence-corrected chi connectivity index (χ1v) is 6.06. The lowest BCUT2D eigenvalue weighted by Gasteiger charge is -2.25. The molecule has 18 heavy (non-hydrogen) atoms. The first kappa shape index (κ1) is 14.0. The Balaban J connectivity index is 2.83. The summed E-state index contributed by atoms with van der Waals surface area (Å²) < 4.78 is 4.80. The highest BCUT2D eigenvalue weighted by Gasteiger charge is 2.30. The minimum atomic E-state index is -0.700. The lowest BCUT2D eigenvalue weighted by Crippen LogP contribution is -2.39. The largest absolute Gasteiger partial charge is 0.450 e. The van der Waals surface area contributed by atoms with Gasteiger partial charge in [-0.15, -0.1) is 0 Å². The quantitative estimate of drug-likeness (QED) is 0.868. The molecule has 0 aliphatic carbocycles. The minimum Gasteiger partial charge on any atom is -0.450 e. The summed E-state index contributed by atoms with van der Waals surface area (Å²) in [5.41, 5.74) is 0.209. The summed E-state index contributed by atoms with van der Waals surface area (Å²) in [6.07, 6.45) is 0.140. The number of nitriles is 1. The van der Waals surface area contributed by atoms with Gasteiger partial charge < -0.3 is 10.1 Å². The highest BCUT2D eigenvalue weighted by molar-refractivity contribution is 5.67. The molecule has 4 heteroatoms. The van der Waals surface area contributed by atoms with Crippen LogP contribution in [0.2, 0.25) is 0 Å². The molecule has 0 saturated carbocycles. The average Bonchev–Trinajstić information content (AvgIpc) is 2.42. The maximum absolute atomic E-state index is 11.3. The third-order valence-corrected chi connectivity index (χ3v) is 2.95. The molecule has 96 valence electrons. The number of hydrogen-bond donors (Lipinski definition) is 1. The van der Waals surface area contributed by atoms with Crippen molar-refractivity contribution < 1.29 is 9.53 Å². The van der Waals surface area contributed by atoms with Crippen molar-refractivity contribution in [1.29, 1.82) is 5.26 Å².